The lowest BCUT2D eigenvalue weighted by molar-refractivity contribution is 0.276. The van der Waals surface area contributed by atoms with E-state index >= 15 is 0 Å². The van der Waals surface area contributed by atoms with Gasteiger partial charge in [0.05, 0.1) is 5.50 Å². The molecule has 1 aliphatic rings. The van der Waals surface area contributed by atoms with Crippen molar-refractivity contribution in [3.05, 3.63) is 12.4 Å². The summed E-state index contributed by atoms with van der Waals surface area (Å²) in [5, 5.41) is 0. The van der Waals surface area contributed by atoms with Crippen LogP contribution < -0.4 is 0 Å². The number of alkyl halides is 1. The van der Waals surface area contributed by atoms with E-state index in [0.717, 1.165) is 0 Å². The van der Waals surface area contributed by atoms with Gasteiger partial charge in [0, 0.05) is 23.5 Å². The van der Waals surface area contributed by atoms with Crippen molar-refractivity contribution in [2.75, 3.05) is 5.50 Å². The molecule has 0 unspecified atom stereocenters. The lowest BCUT2D eigenvalue weighted by atomic mass is 10.1. The molecule has 0 bridgehead atoms. The molecule has 16 heavy (non-hydrogen) atoms. The maximum Gasteiger partial charge on any atom is 0.380 e. The number of hydrogen-bond donors (Lipinski definition) is 0. The Labute approximate surface area is 110 Å². The molecule has 0 atom stereocenters. The molecule has 0 aromatic rings. The van der Waals surface area contributed by atoms with Crippen LogP contribution in [0.5, 0.6) is 0 Å². The Morgan fingerprint density at radius 1 is 0.938 bits per heavy atom. The summed E-state index contributed by atoms with van der Waals surface area (Å²) >= 11 is 13.0. The Morgan fingerprint density at radius 3 is 1.44 bits per heavy atom. The van der Waals surface area contributed by atoms with Crippen molar-refractivity contribution in [2.45, 2.75) is 52.6 Å². The summed E-state index contributed by atoms with van der Waals surface area (Å²) in [4.78, 5) is 0. The number of hydrogen-bond acceptors (Lipinski definition) is 2. The third-order valence-corrected chi connectivity index (χ3v) is 9.20. The highest BCUT2D eigenvalue weighted by Crippen LogP contribution is 2.38. The van der Waals surface area contributed by atoms with Crippen LogP contribution in [-0.4, -0.2) is 33.4 Å². The van der Waals surface area contributed by atoms with Gasteiger partial charge in [-0.1, -0.05) is 0 Å². The fourth-order valence-electron chi connectivity index (χ4n) is 2.08. The highest BCUT2D eigenvalue weighted by Gasteiger charge is 2.53. The standard InChI is InChI=1S/C11H22Cl2N2Si/c1-10(2,3)14-7-8-15(11(4,5)6)16(14,13)9-12/h7-8H,9H2,1-6H3. The van der Waals surface area contributed by atoms with Gasteiger partial charge in [0.1, 0.15) is 0 Å². The summed E-state index contributed by atoms with van der Waals surface area (Å²) < 4.78 is 4.50. The molecule has 0 amide bonds. The summed E-state index contributed by atoms with van der Waals surface area (Å²) in [6, 6.07) is 0. The van der Waals surface area contributed by atoms with E-state index in [1.807, 2.05) is 0 Å². The van der Waals surface area contributed by atoms with E-state index in [4.69, 9.17) is 22.7 Å². The summed E-state index contributed by atoms with van der Waals surface area (Å²) in [5.41, 5.74) is 0.523. The zero-order chi connectivity index (χ0) is 12.8. The molecule has 0 saturated heterocycles. The quantitative estimate of drug-likeness (QED) is 0.411. The van der Waals surface area contributed by atoms with Gasteiger partial charge in [0.15, 0.2) is 0 Å². The molecule has 2 nitrogen and oxygen atoms in total. The predicted molar refractivity (Wildman–Crippen MR) is 74.7 cm³/mol. The molecule has 0 aliphatic carbocycles. The van der Waals surface area contributed by atoms with Gasteiger partial charge in [-0.05, 0) is 41.5 Å². The predicted octanol–water partition coefficient (Wildman–Crippen LogP) is 3.63. The van der Waals surface area contributed by atoms with Crippen molar-refractivity contribution in [1.29, 1.82) is 0 Å². The number of halogens is 2. The number of rotatable bonds is 1. The third kappa shape index (κ3) is 2.36. The van der Waals surface area contributed by atoms with Crippen molar-refractivity contribution < 1.29 is 0 Å². The first-order valence-corrected chi connectivity index (χ1v) is 9.20. The second kappa shape index (κ2) is 4.11. The minimum atomic E-state index is -2.30. The van der Waals surface area contributed by atoms with Gasteiger partial charge >= 0.3 is 7.71 Å². The first-order chi connectivity index (χ1) is 7.03. The minimum Gasteiger partial charge on any atom is -0.368 e. The van der Waals surface area contributed by atoms with Crippen LogP contribution in [0.2, 0.25) is 0 Å². The van der Waals surface area contributed by atoms with Crippen LogP contribution in [0.15, 0.2) is 12.4 Å². The topological polar surface area (TPSA) is 6.48 Å². The lowest BCUT2D eigenvalue weighted by Gasteiger charge is -2.48. The molecule has 94 valence electrons. The second-order valence-electron chi connectivity index (χ2n) is 6.23. The van der Waals surface area contributed by atoms with Crippen molar-refractivity contribution in [3.63, 3.8) is 0 Å². The van der Waals surface area contributed by atoms with E-state index in [0.29, 0.717) is 5.50 Å². The third-order valence-electron chi connectivity index (χ3n) is 2.72. The van der Waals surface area contributed by atoms with Crippen molar-refractivity contribution in [2.24, 2.45) is 0 Å². The van der Waals surface area contributed by atoms with Crippen LogP contribution in [0.4, 0.5) is 0 Å². The molecule has 0 aromatic heterocycles. The van der Waals surface area contributed by atoms with Crippen molar-refractivity contribution >= 4 is 30.4 Å². The first-order valence-electron chi connectivity index (χ1n) is 5.55. The molecule has 0 spiro atoms. The van der Waals surface area contributed by atoms with Crippen molar-refractivity contribution in [1.82, 2.24) is 9.13 Å². The van der Waals surface area contributed by atoms with Crippen LogP contribution in [-0.2, 0) is 0 Å². The van der Waals surface area contributed by atoms with Crippen LogP contribution >= 0.6 is 22.7 Å². The fourth-order valence-corrected chi connectivity index (χ4v) is 7.85. The van der Waals surface area contributed by atoms with Crippen LogP contribution in [0.25, 0.3) is 0 Å². The van der Waals surface area contributed by atoms with E-state index in [2.05, 4.69) is 63.1 Å². The largest absolute Gasteiger partial charge is 0.380 e. The Balaban J connectivity index is 3.10. The molecular formula is C11H22Cl2N2Si. The summed E-state index contributed by atoms with van der Waals surface area (Å²) in [6.07, 6.45) is 4.18. The van der Waals surface area contributed by atoms with E-state index in [1.54, 1.807) is 0 Å². The van der Waals surface area contributed by atoms with Gasteiger partial charge in [-0.25, -0.2) is 0 Å². The number of nitrogens with zero attached hydrogens (tertiary/aromatic N) is 2. The summed E-state index contributed by atoms with van der Waals surface area (Å²) in [5.74, 6) is 0. The van der Waals surface area contributed by atoms with E-state index < -0.39 is 7.71 Å². The second-order valence-corrected chi connectivity index (χ2v) is 11.5. The van der Waals surface area contributed by atoms with Gasteiger partial charge < -0.3 is 9.13 Å². The smallest absolute Gasteiger partial charge is 0.368 e. The van der Waals surface area contributed by atoms with Gasteiger partial charge in [-0.2, -0.15) is 0 Å². The normalized spacial score (nSPS) is 20.8. The van der Waals surface area contributed by atoms with Crippen molar-refractivity contribution in [3.8, 4) is 0 Å². The molecular weight excluding hydrogens is 259 g/mol. The summed E-state index contributed by atoms with van der Waals surface area (Å²) in [7, 11) is -2.30. The Morgan fingerprint density at radius 2 is 1.25 bits per heavy atom. The first kappa shape index (κ1) is 14.2. The Kier molecular flexibility index (Phi) is 3.65. The van der Waals surface area contributed by atoms with Gasteiger partial charge in [0.25, 0.3) is 0 Å². The van der Waals surface area contributed by atoms with Gasteiger partial charge in [-0.3, -0.25) is 0 Å². The maximum absolute atomic E-state index is 6.85. The zero-order valence-corrected chi connectivity index (χ0v) is 13.5. The van der Waals surface area contributed by atoms with E-state index in [1.165, 1.54) is 0 Å². The van der Waals surface area contributed by atoms with E-state index in [9.17, 15) is 0 Å². The molecule has 5 heteroatoms. The van der Waals surface area contributed by atoms with Crippen LogP contribution in [0.1, 0.15) is 41.5 Å². The average Bonchev–Trinajstić information content (AvgIpc) is 2.42. The summed E-state index contributed by atoms with van der Waals surface area (Å²) in [6.45, 7) is 13.0. The Bertz CT molecular complexity index is 267. The highest BCUT2D eigenvalue weighted by molar-refractivity contribution is 7.19. The SMILES string of the molecule is CC(C)(C)N1C=CN(C(C)(C)C)[Si]1(Cl)CCl. The Hall–Kier alpha value is 0.137. The van der Waals surface area contributed by atoms with Gasteiger partial charge in [-0.15, -0.1) is 22.7 Å². The fraction of sp³-hybridized carbons (Fsp3) is 0.818. The molecule has 1 aliphatic heterocycles. The molecule has 0 aromatic carbocycles. The molecule has 1 rings (SSSR count). The minimum absolute atomic E-state index is 0.0133. The molecule has 0 saturated carbocycles. The van der Waals surface area contributed by atoms with Crippen LogP contribution in [0, 0.1) is 0 Å². The maximum atomic E-state index is 6.85. The molecule has 1 heterocycles. The highest BCUT2D eigenvalue weighted by atomic mass is 35.6. The average molecular weight is 281 g/mol. The molecule has 0 radical (unpaired) electrons. The molecule has 0 fully saturated rings. The lowest BCUT2D eigenvalue weighted by Crippen LogP contribution is -2.65. The van der Waals surface area contributed by atoms with Crippen LogP contribution in [0.3, 0.4) is 0 Å². The van der Waals surface area contributed by atoms with Gasteiger partial charge in [0.2, 0.25) is 0 Å². The van der Waals surface area contributed by atoms with E-state index in [-0.39, 0.29) is 11.1 Å². The monoisotopic (exact) mass is 280 g/mol. The molecule has 0 N–H and O–H groups in total. The zero-order valence-electron chi connectivity index (χ0n) is 11.0.